The first-order chi connectivity index (χ1) is 6.20. The summed E-state index contributed by atoms with van der Waals surface area (Å²) in [4.78, 5) is 0. The molecule has 0 amide bonds. The molecule has 1 atom stereocenters. The molecule has 0 saturated heterocycles. The number of halogens is 1. The lowest BCUT2D eigenvalue weighted by Crippen LogP contribution is -2.19. The number of likely N-dealkylation sites (N-methyl/N-ethyl adjacent to an activating group) is 1. The van der Waals surface area contributed by atoms with Crippen molar-refractivity contribution in [3.05, 3.63) is 16.9 Å². The SMILES string of the molecule is CCC(CNC)c1c(Cl)cnn1C. The summed E-state index contributed by atoms with van der Waals surface area (Å²) >= 11 is 6.04. The maximum atomic E-state index is 6.04. The average molecular weight is 202 g/mol. The highest BCUT2D eigenvalue weighted by Gasteiger charge is 2.16. The molecule has 0 radical (unpaired) electrons. The Hall–Kier alpha value is -0.540. The van der Waals surface area contributed by atoms with Crippen molar-refractivity contribution >= 4 is 11.6 Å². The molecular formula is C9H16ClN3. The summed E-state index contributed by atoms with van der Waals surface area (Å²) in [6, 6.07) is 0. The third-order valence-corrected chi connectivity index (χ3v) is 2.56. The van der Waals surface area contributed by atoms with Gasteiger partial charge in [0.2, 0.25) is 0 Å². The topological polar surface area (TPSA) is 29.9 Å². The predicted molar refractivity (Wildman–Crippen MR) is 55.2 cm³/mol. The van der Waals surface area contributed by atoms with Crippen LogP contribution in [-0.2, 0) is 7.05 Å². The van der Waals surface area contributed by atoms with Gasteiger partial charge >= 0.3 is 0 Å². The van der Waals surface area contributed by atoms with Crippen LogP contribution in [0.4, 0.5) is 0 Å². The summed E-state index contributed by atoms with van der Waals surface area (Å²) in [6.45, 7) is 3.10. The molecule has 0 aliphatic rings. The van der Waals surface area contributed by atoms with Crippen molar-refractivity contribution < 1.29 is 0 Å². The number of aromatic nitrogens is 2. The van der Waals surface area contributed by atoms with E-state index in [1.807, 2.05) is 18.8 Å². The molecule has 0 saturated carbocycles. The van der Waals surface area contributed by atoms with Gasteiger partial charge in [-0.3, -0.25) is 4.68 Å². The van der Waals surface area contributed by atoms with Crippen molar-refractivity contribution in [2.75, 3.05) is 13.6 Å². The van der Waals surface area contributed by atoms with Crippen LogP contribution in [0.1, 0.15) is 25.0 Å². The van der Waals surface area contributed by atoms with Gasteiger partial charge in [-0.1, -0.05) is 18.5 Å². The van der Waals surface area contributed by atoms with Crippen molar-refractivity contribution in [3.8, 4) is 0 Å². The maximum Gasteiger partial charge on any atom is 0.0821 e. The molecule has 0 bridgehead atoms. The van der Waals surface area contributed by atoms with E-state index in [0.29, 0.717) is 5.92 Å². The summed E-state index contributed by atoms with van der Waals surface area (Å²) in [5.41, 5.74) is 1.12. The second-order valence-corrected chi connectivity index (χ2v) is 3.57. The lowest BCUT2D eigenvalue weighted by Gasteiger charge is -2.15. The molecule has 0 fully saturated rings. The van der Waals surface area contributed by atoms with Crippen LogP contribution in [0, 0.1) is 0 Å². The second kappa shape index (κ2) is 4.63. The van der Waals surface area contributed by atoms with Crippen molar-refractivity contribution in [2.45, 2.75) is 19.3 Å². The second-order valence-electron chi connectivity index (χ2n) is 3.16. The van der Waals surface area contributed by atoms with E-state index in [2.05, 4.69) is 17.3 Å². The Kier molecular flexibility index (Phi) is 3.75. The highest BCUT2D eigenvalue weighted by Crippen LogP contribution is 2.25. The molecular weight excluding hydrogens is 186 g/mol. The molecule has 1 aromatic rings. The van der Waals surface area contributed by atoms with Gasteiger partial charge in [0.15, 0.2) is 0 Å². The standard InChI is InChI=1S/C9H16ClN3/c1-4-7(5-11-2)9-8(10)6-12-13(9)3/h6-7,11H,4-5H2,1-3H3. The number of rotatable bonds is 4. The molecule has 1 unspecified atom stereocenters. The molecule has 13 heavy (non-hydrogen) atoms. The van der Waals surface area contributed by atoms with Crippen molar-refractivity contribution in [1.82, 2.24) is 15.1 Å². The lowest BCUT2D eigenvalue weighted by molar-refractivity contribution is 0.558. The van der Waals surface area contributed by atoms with E-state index in [1.165, 1.54) is 0 Å². The van der Waals surface area contributed by atoms with Gasteiger partial charge < -0.3 is 5.32 Å². The van der Waals surface area contributed by atoms with Gasteiger partial charge in [-0.2, -0.15) is 5.10 Å². The fourth-order valence-corrected chi connectivity index (χ4v) is 1.88. The van der Waals surface area contributed by atoms with Gasteiger partial charge in [0.05, 0.1) is 16.9 Å². The molecule has 1 rings (SSSR count). The van der Waals surface area contributed by atoms with Crippen LogP contribution < -0.4 is 5.32 Å². The number of nitrogens with zero attached hydrogens (tertiary/aromatic N) is 2. The molecule has 0 aromatic carbocycles. The molecule has 1 heterocycles. The van der Waals surface area contributed by atoms with Gasteiger partial charge in [0.25, 0.3) is 0 Å². The first-order valence-electron chi connectivity index (χ1n) is 4.52. The third kappa shape index (κ3) is 2.23. The number of nitrogens with one attached hydrogen (secondary N) is 1. The summed E-state index contributed by atoms with van der Waals surface area (Å²) in [5.74, 6) is 0.449. The quantitative estimate of drug-likeness (QED) is 0.805. The van der Waals surface area contributed by atoms with Gasteiger partial charge in [-0.15, -0.1) is 0 Å². The first-order valence-corrected chi connectivity index (χ1v) is 4.90. The molecule has 0 spiro atoms. The fourth-order valence-electron chi connectivity index (χ4n) is 1.56. The van der Waals surface area contributed by atoms with Crippen LogP contribution in [0.5, 0.6) is 0 Å². The molecule has 1 N–H and O–H groups in total. The molecule has 3 nitrogen and oxygen atoms in total. The normalized spacial score (nSPS) is 13.2. The molecule has 4 heteroatoms. The predicted octanol–water partition coefficient (Wildman–Crippen LogP) is 1.79. The zero-order chi connectivity index (χ0) is 9.84. The number of hydrogen-bond donors (Lipinski definition) is 1. The minimum Gasteiger partial charge on any atom is -0.319 e. The molecule has 1 aromatic heterocycles. The van der Waals surface area contributed by atoms with Crippen LogP contribution in [-0.4, -0.2) is 23.4 Å². The number of hydrogen-bond acceptors (Lipinski definition) is 2. The van der Waals surface area contributed by atoms with Gasteiger partial charge in [-0.25, -0.2) is 0 Å². The van der Waals surface area contributed by atoms with E-state index in [1.54, 1.807) is 6.20 Å². The van der Waals surface area contributed by atoms with Crippen molar-refractivity contribution in [1.29, 1.82) is 0 Å². The van der Waals surface area contributed by atoms with Gasteiger partial charge in [0.1, 0.15) is 0 Å². The zero-order valence-electron chi connectivity index (χ0n) is 8.34. The smallest absolute Gasteiger partial charge is 0.0821 e. The van der Waals surface area contributed by atoms with Crippen LogP contribution in [0.3, 0.4) is 0 Å². The van der Waals surface area contributed by atoms with Crippen molar-refractivity contribution in [3.63, 3.8) is 0 Å². The summed E-state index contributed by atoms with van der Waals surface area (Å²) < 4.78 is 1.86. The molecule has 0 aliphatic heterocycles. The monoisotopic (exact) mass is 201 g/mol. The van der Waals surface area contributed by atoms with Crippen molar-refractivity contribution in [2.24, 2.45) is 7.05 Å². The van der Waals surface area contributed by atoms with E-state index >= 15 is 0 Å². The van der Waals surface area contributed by atoms with E-state index in [0.717, 1.165) is 23.7 Å². The highest BCUT2D eigenvalue weighted by atomic mass is 35.5. The van der Waals surface area contributed by atoms with Crippen LogP contribution in [0.2, 0.25) is 5.02 Å². The summed E-state index contributed by atoms with van der Waals surface area (Å²) in [6.07, 6.45) is 2.77. The van der Waals surface area contributed by atoms with Gasteiger partial charge in [0, 0.05) is 19.5 Å². The Morgan fingerprint density at radius 2 is 2.38 bits per heavy atom. The average Bonchev–Trinajstić information content (AvgIpc) is 2.43. The largest absolute Gasteiger partial charge is 0.319 e. The van der Waals surface area contributed by atoms with Crippen LogP contribution >= 0.6 is 11.6 Å². The first kappa shape index (κ1) is 10.5. The maximum absolute atomic E-state index is 6.04. The number of aryl methyl sites for hydroxylation is 1. The van der Waals surface area contributed by atoms with Crippen LogP contribution in [0.15, 0.2) is 6.20 Å². The Morgan fingerprint density at radius 3 is 2.77 bits per heavy atom. The summed E-state index contributed by atoms with van der Waals surface area (Å²) in [7, 11) is 3.88. The molecule has 74 valence electrons. The zero-order valence-corrected chi connectivity index (χ0v) is 9.10. The third-order valence-electron chi connectivity index (χ3n) is 2.27. The fraction of sp³-hybridized carbons (Fsp3) is 0.667. The Bertz CT molecular complexity index is 250. The van der Waals surface area contributed by atoms with E-state index in [-0.39, 0.29) is 0 Å². The Labute approximate surface area is 84.1 Å². The lowest BCUT2D eigenvalue weighted by atomic mass is 10.0. The Balaban J connectivity index is 2.89. The summed E-state index contributed by atoms with van der Waals surface area (Å²) in [5, 5.41) is 8.05. The van der Waals surface area contributed by atoms with E-state index in [4.69, 9.17) is 11.6 Å². The molecule has 0 aliphatic carbocycles. The van der Waals surface area contributed by atoms with Crippen LogP contribution in [0.25, 0.3) is 0 Å². The minimum atomic E-state index is 0.449. The van der Waals surface area contributed by atoms with Gasteiger partial charge in [-0.05, 0) is 13.5 Å². The highest BCUT2D eigenvalue weighted by molar-refractivity contribution is 6.31. The Morgan fingerprint density at radius 1 is 1.69 bits per heavy atom. The minimum absolute atomic E-state index is 0.449. The van der Waals surface area contributed by atoms with E-state index < -0.39 is 0 Å². The van der Waals surface area contributed by atoms with E-state index in [9.17, 15) is 0 Å².